The molecule has 0 aliphatic carbocycles. The third-order valence-corrected chi connectivity index (χ3v) is 6.82. The number of benzene rings is 2. The Balaban J connectivity index is 2.05. The molecular formula is C20H22FN3O4S. The lowest BCUT2D eigenvalue weighted by Crippen LogP contribution is -2.52. The predicted octanol–water partition coefficient (Wildman–Crippen LogP) is 1.70. The van der Waals surface area contributed by atoms with Crippen molar-refractivity contribution in [3.8, 4) is 0 Å². The van der Waals surface area contributed by atoms with E-state index in [-0.39, 0.29) is 29.1 Å². The van der Waals surface area contributed by atoms with E-state index < -0.39 is 33.7 Å². The molecule has 1 unspecified atom stereocenters. The lowest BCUT2D eigenvalue weighted by atomic mass is 10.0. The number of nitrogens with one attached hydrogen (secondary N) is 1. The fourth-order valence-corrected chi connectivity index (χ4v) is 4.41. The lowest BCUT2D eigenvalue weighted by Gasteiger charge is -2.35. The molecule has 0 aromatic heterocycles. The Bertz CT molecular complexity index is 1070. The number of halogens is 1. The highest BCUT2D eigenvalue weighted by Gasteiger charge is 2.36. The van der Waals surface area contributed by atoms with E-state index in [4.69, 9.17) is 0 Å². The van der Waals surface area contributed by atoms with Gasteiger partial charge in [-0.1, -0.05) is 24.3 Å². The lowest BCUT2D eigenvalue weighted by molar-refractivity contribution is -0.128. The first-order chi connectivity index (χ1) is 13.6. The second kappa shape index (κ2) is 7.92. The fourth-order valence-electron chi connectivity index (χ4n) is 3.27. The number of hydrogen-bond donors (Lipinski definition) is 1. The molecule has 7 nitrogen and oxygen atoms in total. The van der Waals surface area contributed by atoms with Crippen molar-refractivity contribution < 1.29 is 22.4 Å². The molecule has 1 N–H and O–H groups in total. The summed E-state index contributed by atoms with van der Waals surface area (Å²) < 4.78 is 40.6. The van der Waals surface area contributed by atoms with Crippen LogP contribution in [-0.4, -0.2) is 56.6 Å². The number of nitrogens with zero attached hydrogens (tertiary/aromatic N) is 2. The van der Waals surface area contributed by atoms with E-state index in [0.29, 0.717) is 5.56 Å². The Morgan fingerprint density at radius 2 is 1.90 bits per heavy atom. The summed E-state index contributed by atoms with van der Waals surface area (Å²) in [6.45, 7) is 2.04. The van der Waals surface area contributed by atoms with E-state index in [1.165, 1.54) is 49.3 Å². The van der Waals surface area contributed by atoms with Crippen LogP contribution in [0.2, 0.25) is 0 Å². The van der Waals surface area contributed by atoms with Gasteiger partial charge in [-0.05, 0) is 30.7 Å². The monoisotopic (exact) mass is 419 g/mol. The molecule has 0 radical (unpaired) electrons. The highest BCUT2D eigenvalue weighted by molar-refractivity contribution is 7.89. The van der Waals surface area contributed by atoms with Crippen molar-refractivity contribution in [1.82, 2.24) is 14.5 Å². The molecule has 154 valence electrons. The summed E-state index contributed by atoms with van der Waals surface area (Å²) >= 11 is 0. The van der Waals surface area contributed by atoms with Crippen LogP contribution in [0, 0.1) is 12.7 Å². The molecule has 1 atom stereocenters. The number of rotatable bonds is 4. The van der Waals surface area contributed by atoms with Gasteiger partial charge in [-0.3, -0.25) is 9.59 Å². The predicted molar refractivity (Wildman–Crippen MR) is 105 cm³/mol. The van der Waals surface area contributed by atoms with Crippen LogP contribution in [0.15, 0.2) is 47.4 Å². The Morgan fingerprint density at radius 1 is 1.21 bits per heavy atom. The van der Waals surface area contributed by atoms with Gasteiger partial charge in [0.25, 0.3) is 5.91 Å². The summed E-state index contributed by atoms with van der Waals surface area (Å²) in [5, 5.41) is 2.65. The molecule has 0 bridgehead atoms. The van der Waals surface area contributed by atoms with Crippen LogP contribution >= 0.6 is 0 Å². The minimum atomic E-state index is -3.75. The molecule has 29 heavy (non-hydrogen) atoms. The van der Waals surface area contributed by atoms with Gasteiger partial charge < -0.3 is 10.2 Å². The van der Waals surface area contributed by atoms with E-state index in [0.717, 1.165) is 4.31 Å². The summed E-state index contributed by atoms with van der Waals surface area (Å²) in [6, 6.07) is 9.02. The quantitative estimate of drug-likeness (QED) is 0.817. The molecule has 0 spiro atoms. The van der Waals surface area contributed by atoms with Crippen LogP contribution in [0.25, 0.3) is 0 Å². The summed E-state index contributed by atoms with van der Waals surface area (Å²) in [4.78, 5) is 27.0. The van der Waals surface area contributed by atoms with Gasteiger partial charge in [0.1, 0.15) is 11.9 Å². The Morgan fingerprint density at radius 3 is 2.55 bits per heavy atom. The Kier molecular flexibility index (Phi) is 5.72. The van der Waals surface area contributed by atoms with Gasteiger partial charge in [-0.15, -0.1) is 0 Å². The summed E-state index contributed by atoms with van der Waals surface area (Å²) in [5.41, 5.74) is 0.704. The first-order valence-corrected chi connectivity index (χ1v) is 10.4. The third-order valence-electron chi connectivity index (χ3n) is 4.87. The third kappa shape index (κ3) is 3.88. The van der Waals surface area contributed by atoms with Gasteiger partial charge in [0.2, 0.25) is 15.9 Å². The van der Waals surface area contributed by atoms with Gasteiger partial charge >= 0.3 is 0 Å². The number of carbonyl (C=O) groups excluding carboxylic acids is 2. The van der Waals surface area contributed by atoms with Gasteiger partial charge in [-0.25, -0.2) is 17.1 Å². The number of amides is 2. The van der Waals surface area contributed by atoms with Crippen LogP contribution in [0.3, 0.4) is 0 Å². The molecule has 1 aliphatic rings. The molecule has 2 aromatic rings. The Labute approximate surface area is 169 Å². The molecular weight excluding hydrogens is 397 g/mol. The summed E-state index contributed by atoms with van der Waals surface area (Å²) in [6.07, 6.45) is 0. The number of carbonyl (C=O) groups is 2. The van der Waals surface area contributed by atoms with Crippen LogP contribution in [0.4, 0.5) is 4.39 Å². The van der Waals surface area contributed by atoms with E-state index in [2.05, 4.69) is 5.32 Å². The van der Waals surface area contributed by atoms with Crippen molar-refractivity contribution in [3.63, 3.8) is 0 Å². The maximum Gasteiger partial charge on any atom is 0.254 e. The van der Waals surface area contributed by atoms with Gasteiger partial charge in [-0.2, -0.15) is 0 Å². The minimum absolute atomic E-state index is 0.0113. The molecule has 2 amide bonds. The standard InChI is InChI=1S/C20H22FN3O4S/c1-13-8-9-14(12-17(13)29(27,28)23(2)3)20(26)24-11-10-22-19(25)18(24)15-6-4-5-7-16(15)21/h4-9,12,18H,10-11H2,1-3H3,(H,22,25). The van der Waals surface area contributed by atoms with Crippen molar-refractivity contribution in [3.05, 3.63) is 65.0 Å². The van der Waals surface area contributed by atoms with Crippen LogP contribution in [-0.2, 0) is 14.8 Å². The largest absolute Gasteiger partial charge is 0.352 e. The zero-order valence-electron chi connectivity index (χ0n) is 16.3. The SMILES string of the molecule is Cc1ccc(C(=O)N2CCNC(=O)C2c2ccccc2F)cc1S(=O)(=O)N(C)C. The number of sulfonamides is 1. The molecule has 1 heterocycles. The van der Waals surface area contributed by atoms with E-state index in [9.17, 15) is 22.4 Å². The molecule has 0 saturated carbocycles. The zero-order valence-corrected chi connectivity index (χ0v) is 17.2. The maximum absolute atomic E-state index is 14.3. The molecule has 2 aromatic carbocycles. The second-order valence-corrected chi connectivity index (χ2v) is 9.10. The van der Waals surface area contributed by atoms with Crippen molar-refractivity contribution in [2.75, 3.05) is 27.2 Å². The smallest absolute Gasteiger partial charge is 0.254 e. The second-order valence-electron chi connectivity index (χ2n) is 6.98. The van der Waals surface area contributed by atoms with Crippen LogP contribution < -0.4 is 5.32 Å². The molecule has 1 fully saturated rings. The normalized spacial score (nSPS) is 17.3. The van der Waals surface area contributed by atoms with Gasteiger partial charge in [0.05, 0.1) is 4.90 Å². The van der Waals surface area contributed by atoms with E-state index >= 15 is 0 Å². The summed E-state index contributed by atoms with van der Waals surface area (Å²) in [7, 11) is -0.936. The first-order valence-electron chi connectivity index (χ1n) is 9.01. The summed E-state index contributed by atoms with van der Waals surface area (Å²) in [5.74, 6) is -1.61. The van der Waals surface area contributed by atoms with Crippen LogP contribution in [0.1, 0.15) is 27.5 Å². The number of aryl methyl sites for hydroxylation is 1. The highest BCUT2D eigenvalue weighted by Crippen LogP contribution is 2.28. The average Bonchev–Trinajstić information content (AvgIpc) is 2.68. The van der Waals surface area contributed by atoms with Crippen molar-refractivity contribution >= 4 is 21.8 Å². The van der Waals surface area contributed by atoms with Gasteiger partial charge in [0.15, 0.2) is 0 Å². The van der Waals surface area contributed by atoms with Gasteiger partial charge in [0, 0.05) is 38.3 Å². The average molecular weight is 419 g/mol. The maximum atomic E-state index is 14.3. The molecule has 1 saturated heterocycles. The van der Waals surface area contributed by atoms with E-state index in [1.807, 2.05) is 0 Å². The fraction of sp³-hybridized carbons (Fsp3) is 0.300. The van der Waals surface area contributed by atoms with E-state index in [1.54, 1.807) is 19.1 Å². The Hall–Kier alpha value is -2.78. The number of hydrogen-bond acceptors (Lipinski definition) is 4. The first kappa shape index (κ1) is 20.9. The molecule has 9 heteroatoms. The highest BCUT2D eigenvalue weighted by atomic mass is 32.2. The van der Waals surface area contributed by atoms with Crippen molar-refractivity contribution in [1.29, 1.82) is 0 Å². The number of piperazine rings is 1. The van der Waals surface area contributed by atoms with Crippen molar-refractivity contribution in [2.45, 2.75) is 17.9 Å². The van der Waals surface area contributed by atoms with Crippen molar-refractivity contribution in [2.24, 2.45) is 0 Å². The molecule has 3 rings (SSSR count). The zero-order chi connectivity index (χ0) is 21.3. The topological polar surface area (TPSA) is 86.8 Å². The molecule has 1 aliphatic heterocycles. The minimum Gasteiger partial charge on any atom is -0.352 e. The van der Waals surface area contributed by atoms with Crippen LogP contribution in [0.5, 0.6) is 0 Å².